The molecule has 1 saturated heterocycles. The number of nitrogens with one attached hydrogen (secondary N) is 1. The lowest BCUT2D eigenvalue weighted by molar-refractivity contribution is 0.0823. The summed E-state index contributed by atoms with van der Waals surface area (Å²) < 4.78 is 1.86. The number of aliphatic hydroxyl groups excluding tert-OH is 1. The number of anilines is 2. The number of rotatable bonds is 5. The minimum absolute atomic E-state index is 0.163. The van der Waals surface area contributed by atoms with Gasteiger partial charge in [0.1, 0.15) is 11.9 Å². The van der Waals surface area contributed by atoms with E-state index in [0.717, 1.165) is 37.4 Å². The average molecular weight is 392 g/mol. The van der Waals surface area contributed by atoms with Crippen molar-refractivity contribution >= 4 is 17.4 Å². The van der Waals surface area contributed by atoms with Crippen molar-refractivity contribution in [1.82, 2.24) is 19.7 Å². The Morgan fingerprint density at radius 1 is 1.14 bits per heavy atom. The third-order valence-electron chi connectivity index (χ3n) is 5.35. The fourth-order valence-corrected chi connectivity index (χ4v) is 3.65. The van der Waals surface area contributed by atoms with Gasteiger partial charge in [0.2, 0.25) is 0 Å². The van der Waals surface area contributed by atoms with Crippen molar-refractivity contribution in [3.63, 3.8) is 0 Å². The molecule has 0 saturated carbocycles. The Labute approximate surface area is 169 Å². The molecule has 1 atom stereocenters. The minimum Gasteiger partial charge on any atom is -0.385 e. The van der Waals surface area contributed by atoms with Gasteiger partial charge in [-0.2, -0.15) is 0 Å². The van der Waals surface area contributed by atoms with Crippen LogP contribution in [0.1, 0.15) is 35.3 Å². The zero-order chi connectivity index (χ0) is 20.2. The summed E-state index contributed by atoms with van der Waals surface area (Å²) in [7, 11) is 1.89. The van der Waals surface area contributed by atoms with Crippen molar-refractivity contribution in [3.8, 4) is 0 Å². The predicted octanol–water partition coefficient (Wildman–Crippen LogP) is 2.41. The molecule has 3 aromatic rings. The molecule has 2 N–H and O–H groups in total. The maximum Gasteiger partial charge on any atom is 0.276 e. The molecule has 2 aromatic heterocycles. The van der Waals surface area contributed by atoms with Gasteiger partial charge in [-0.25, -0.2) is 4.98 Å². The van der Waals surface area contributed by atoms with Crippen molar-refractivity contribution < 1.29 is 9.90 Å². The first kappa shape index (κ1) is 19.1. The summed E-state index contributed by atoms with van der Waals surface area (Å²) in [6.07, 6.45) is 4.67. The second-order valence-electron chi connectivity index (χ2n) is 7.26. The summed E-state index contributed by atoms with van der Waals surface area (Å²) >= 11 is 0. The fraction of sp³-hybridized carbons (Fsp3) is 0.333. The molecule has 29 heavy (non-hydrogen) atoms. The summed E-state index contributed by atoms with van der Waals surface area (Å²) in [5.41, 5.74) is 0.995. The van der Waals surface area contributed by atoms with Gasteiger partial charge in [-0.1, -0.05) is 18.2 Å². The first-order valence-corrected chi connectivity index (χ1v) is 9.72. The van der Waals surface area contributed by atoms with Crippen molar-refractivity contribution in [3.05, 3.63) is 66.4 Å². The Kier molecular flexibility index (Phi) is 5.53. The Morgan fingerprint density at radius 2 is 1.90 bits per heavy atom. The zero-order valence-electron chi connectivity index (χ0n) is 16.3. The fourth-order valence-electron chi connectivity index (χ4n) is 3.65. The number of aliphatic hydroxyl groups is 1. The highest BCUT2D eigenvalue weighted by molar-refractivity contribution is 6.02. The van der Waals surface area contributed by atoms with Crippen LogP contribution in [0.25, 0.3) is 0 Å². The van der Waals surface area contributed by atoms with Crippen LogP contribution in [0.5, 0.6) is 0 Å². The summed E-state index contributed by atoms with van der Waals surface area (Å²) in [6, 6.07) is 12.8. The number of benzene rings is 1. The van der Waals surface area contributed by atoms with Crippen LogP contribution in [0.2, 0.25) is 0 Å². The Bertz CT molecular complexity index is 949. The van der Waals surface area contributed by atoms with E-state index in [4.69, 9.17) is 0 Å². The van der Waals surface area contributed by atoms with Gasteiger partial charge < -0.3 is 19.9 Å². The zero-order valence-corrected chi connectivity index (χ0v) is 16.3. The van der Waals surface area contributed by atoms with E-state index in [-0.39, 0.29) is 17.5 Å². The summed E-state index contributed by atoms with van der Waals surface area (Å²) in [5, 5.41) is 21.7. The molecule has 8 nitrogen and oxygen atoms in total. The van der Waals surface area contributed by atoms with E-state index in [0.29, 0.717) is 5.82 Å². The van der Waals surface area contributed by atoms with Crippen molar-refractivity contribution in [2.75, 3.05) is 23.3 Å². The van der Waals surface area contributed by atoms with E-state index < -0.39 is 6.10 Å². The highest BCUT2D eigenvalue weighted by atomic mass is 16.3. The number of piperidine rings is 1. The second kappa shape index (κ2) is 8.40. The molecular formula is C21H24N6O2. The monoisotopic (exact) mass is 392 g/mol. The minimum atomic E-state index is -0.563. The van der Waals surface area contributed by atoms with Crippen LogP contribution in [-0.2, 0) is 7.05 Å². The third kappa shape index (κ3) is 4.27. The van der Waals surface area contributed by atoms with Gasteiger partial charge in [0.25, 0.3) is 5.91 Å². The first-order chi connectivity index (χ1) is 14.1. The SMILES string of the molecule is Cn1ccnc1C(O)C1CCN(c2ccc(C(=O)Nc3ccccc3)nn2)CC1. The van der Waals surface area contributed by atoms with Gasteiger partial charge in [-0.05, 0) is 43.0 Å². The summed E-state index contributed by atoms with van der Waals surface area (Å²) in [6.45, 7) is 1.55. The van der Waals surface area contributed by atoms with Gasteiger partial charge in [0.15, 0.2) is 11.5 Å². The van der Waals surface area contributed by atoms with Crippen LogP contribution in [0.4, 0.5) is 11.5 Å². The molecule has 0 bridgehead atoms. The average Bonchev–Trinajstić information content (AvgIpc) is 3.20. The molecule has 1 aliphatic heterocycles. The maximum absolute atomic E-state index is 12.3. The van der Waals surface area contributed by atoms with Crippen LogP contribution in [0.3, 0.4) is 0 Å². The van der Waals surface area contributed by atoms with Gasteiger partial charge in [0, 0.05) is 38.2 Å². The molecule has 0 aliphatic carbocycles. The lowest BCUT2D eigenvalue weighted by atomic mass is 9.90. The molecule has 1 unspecified atom stereocenters. The molecule has 3 heterocycles. The molecule has 8 heteroatoms. The number of aromatic nitrogens is 4. The summed E-state index contributed by atoms with van der Waals surface area (Å²) in [4.78, 5) is 18.7. The molecule has 1 fully saturated rings. The third-order valence-corrected chi connectivity index (χ3v) is 5.35. The summed E-state index contributed by atoms with van der Waals surface area (Å²) in [5.74, 6) is 1.33. The molecule has 1 aromatic carbocycles. The standard InChI is InChI=1S/C21H24N6O2/c1-26-14-11-22-20(26)19(28)15-9-12-27(13-10-15)18-8-7-17(24-25-18)21(29)23-16-5-3-2-4-6-16/h2-8,11,14-15,19,28H,9-10,12-13H2,1H3,(H,23,29). The van der Waals surface area contributed by atoms with Gasteiger partial charge in [-0.3, -0.25) is 4.79 Å². The lowest BCUT2D eigenvalue weighted by Gasteiger charge is -2.34. The number of aryl methyl sites for hydroxylation is 1. The van der Waals surface area contributed by atoms with Gasteiger partial charge >= 0.3 is 0 Å². The smallest absolute Gasteiger partial charge is 0.276 e. The van der Waals surface area contributed by atoms with Crippen molar-refractivity contribution in [2.45, 2.75) is 18.9 Å². The maximum atomic E-state index is 12.3. The van der Waals surface area contributed by atoms with Crippen LogP contribution in [0, 0.1) is 5.92 Å². The number of carbonyl (C=O) groups excluding carboxylic acids is 1. The van der Waals surface area contributed by atoms with Crippen molar-refractivity contribution in [2.24, 2.45) is 13.0 Å². The van der Waals surface area contributed by atoms with Crippen LogP contribution in [-0.4, -0.2) is 43.9 Å². The topological polar surface area (TPSA) is 96.2 Å². The van der Waals surface area contributed by atoms with E-state index >= 15 is 0 Å². The number of hydrogen-bond acceptors (Lipinski definition) is 6. The van der Waals surface area contributed by atoms with E-state index in [1.807, 2.05) is 54.2 Å². The van der Waals surface area contributed by atoms with Crippen LogP contribution in [0.15, 0.2) is 54.9 Å². The van der Waals surface area contributed by atoms with Crippen molar-refractivity contribution in [1.29, 1.82) is 0 Å². The number of amides is 1. The molecule has 0 spiro atoms. The predicted molar refractivity (Wildman–Crippen MR) is 110 cm³/mol. The molecule has 1 amide bonds. The van der Waals surface area contributed by atoms with Crippen LogP contribution < -0.4 is 10.2 Å². The number of imidazole rings is 1. The number of hydrogen-bond donors (Lipinski definition) is 2. The Morgan fingerprint density at radius 3 is 2.52 bits per heavy atom. The highest BCUT2D eigenvalue weighted by Gasteiger charge is 2.29. The molecule has 0 radical (unpaired) electrons. The Hall–Kier alpha value is -3.26. The van der Waals surface area contributed by atoms with Gasteiger partial charge in [-0.15, -0.1) is 10.2 Å². The van der Waals surface area contributed by atoms with Gasteiger partial charge in [0.05, 0.1) is 0 Å². The Balaban J connectivity index is 1.34. The van der Waals surface area contributed by atoms with E-state index in [1.54, 1.807) is 12.3 Å². The molecular weight excluding hydrogens is 368 g/mol. The molecule has 4 rings (SSSR count). The highest BCUT2D eigenvalue weighted by Crippen LogP contribution is 2.31. The number of para-hydroxylation sites is 1. The normalized spacial score (nSPS) is 15.9. The second-order valence-corrected chi connectivity index (χ2v) is 7.26. The number of nitrogens with zero attached hydrogens (tertiary/aromatic N) is 5. The first-order valence-electron chi connectivity index (χ1n) is 9.72. The van der Waals surface area contributed by atoms with E-state index in [2.05, 4.69) is 25.4 Å². The van der Waals surface area contributed by atoms with Crippen LogP contribution >= 0.6 is 0 Å². The lowest BCUT2D eigenvalue weighted by Crippen LogP contribution is -2.36. The van der Waals surface area contributed by atoms with E-state index in [9.17, 15) is 9.90 Å². The quantitative estimate of drug-likeness (QED) is 0.692. The van der Waals surface area contributed by atoms with E-state index in [1.165, 1.54) is 0 Å². The largest absolute Gasteiger partial charge is 0.385 e. The number of carbonyl (C=O) groups is 1. The molecule has 1 aliphatic rings. The molecule has 150 valence electrons.